The fourth-order valence-corrected chi connectivity index (χ4v) is 5.08. The third-order valence-electron chi connectivity index (χ3n) is 7.14. The number of anilines is 2. The van der Waals surface area contributed by atoms with Crippen LogP contribution in [0.15, 0.2) is 85.1 Å². The second-order valence-electron chi connectivity index (χ2n) is 9.83. The van der Waals surface area contributed by atoms with E-state index in [0.717, 1.165) is 49.2 Å². The van der Waals surface area contributed by atoms with Gasteiger partial charge in [-0.1, -0.05) is 42.5 Å². The van der Waals surface area contributed by atoms with Crippen LogP contribution in [0, 0.1) is 0 Å². The van der Waals surface area contributed by atoms with Crippen LogP contribution in [-0.2, 0) is 6.54 Å². The summed E-state index contributed by atoms with van der Waals surface area (Å²) in [5.41, 5.74) is 9.34. The van der Waals surface area contributed by atoms with Gasteiger partial charge in [0, 0.05) is 36.4 Å². The predicted octanol–water partition coefficient (Wildman–Crippen LogP) is 4.88. The zero-order valence-corrected chi connectivity index (χ0v) is 21.4. The van der Waals surface area contributed by atoms with Crippen LogP contribution in [0.3, 0.4) is 0 Å². The second-order valence-corrected chi connectivity index (χ2v) is 9.83. The van der Waals surface area contributed by atoms with Crippen LogP contribution < -0.4 is 11.1 Å². The number of fused-ring (bicyclic) bond motifs is 1. The molecule has 1 aliphatic rings. The van der Waals surface area contributed by atoms with E-state index in [1.807, 2.05) is 16.8 Å². The van der Waals surface area contributed by atoms with Crippen LogP contribution in [0.1, 0.15) is 34.8 Å². The van der Waals surface area contributed by atoms with Crippen molar-refractivity contribution in [2.75, 3.05) is 18.4 Å². The minimum Gasteiger partial charge on any atom is -0.508 e. The number of rotatable bonds is 7. The number of phenolic OH excluding ortho intramolecular Hbond substituents is 1. The van der Waals surface area contributed by atoms with Crippen molar-refractivity contribution in [1.82, 2.24) is 24.6 Å². The van der Waals surface area contributed by atoms with Crippen molar-refractivity contribution in [3.63, 3.8) is 0 Å². The van der Waals surface area contributed by atoms with Crippen LogP contribution in [0.2, 0.25) is 0 Å². The number of benzene rings is 3. The number of nitrogens with zero attached hydrogens (tertiary/aromatic N) is 5. The Morgan fingerprint density at radius 2 is 1.74 bits per heavy atom. The second kappa shape index (κ2) is 10.5. The number of hydrogen-bond acceptors (Lipinski definition) is 7. The Morgan fingerprint density at radius 1 is 0.974 bits per heavy atom. The smallest absolute Gasteiger partial charge is 0.248 e. The summed E-state index contributed by atoms with van der Waals surface area (Å²) >= 11 is 0. The summed E-state index contributed by atoms with van der Waals surface area (Å²) in [6.07, 6.45) is 3.73. The summed E-state index contributed by atoms with van der Waals surface area (Å²) in [5, 5.41) is 19.0. The molecule has 39 heavy (non-hydrogen) atoms. The van der Waals surface area contributed by atoms with Gasteiger partial charge in [0.15, 0.2) is 11.5 Å². The topological polar surface area (TPSA) is 122 Å². The number of carbonyl (C=O) groups is 1. The summed E-state index contributed by atoms with van der Waals surface area (Å²) in [6, 6.07) is 24.6. The molecule has 2 aromatic heterocycles. The highest BCUT2D eigenvalue weighted by atomic mass is 16.3. The predicted molar refractivity (Wildman–Crippen MR) is 151 cm³/mol. The molecule has 0 bridgehead atoms. The summed E-state index contributed by atoms with van der Waals surface area (Å²) in [4.78, 5) is 23.7. The lowest BCUT2D eigenvalue weighted by Crippen LogP contribution is -2.34. The number of nitrogens with two attached hydrogens (primary N) is 1. The van der Waals surface area contributed by atoms with Gasteiger partial charge in [-0.05, 0) is 54.8 Å². The summed E-state index contributed by atoms with van der Waals surface area (Å²) in [6.45, 7) is 2.89. The number of aromatic nitrogens is 4. The van der Waals surface area contributed by atoms with Crippen LogP contribution >= 0.6 is 0 Å². The van der Waals surface area contributed by atoms with Crippen molar-refractivity contribution in [2.24, 2.45) is 5.73 Å². The van der Waals surface area contributed by atoms with E-state index in [1.54, 1.807) is 48.7 Å². The number of carbonyl (C=O) groups excluding carboxylic acids is 1. The first-order valence-corrected chi connectivity index (χ1v) is 13.0. The van der Waals surface area contributed by atoms with Crippen LogP contribution in [0.5, 0.6) is 5.75 Å². The summed E-state index contributed by atoms with van der Waals surface area (Å²) < 4.78 is 2.02. The number of aromatic hydroxyl groups is 1. The monoisotopic (exact) mass is 519 g/mol. The van der Waals surface area contributed by atoms with E-state index < -0.39 is 5.91 Å². The zero-order valence-electron chi connectivity index (χ0n) is 21.4. The Bertz CT molecular complexity index is 1610. The third-order valence-corrected chi connectivity index (χ3v) is 7.14. The Hall–Kier alpha value is -4.76. The molecule has 9 heteroatoms. The lowest BCUT2D eigenvalue weighted by molar-refractivity contribution is 0.100. The zero-order chi connectivity index (χ0) is 26.8. The maximum atomic E-state index is 11.5. The molecule has 1 amide bonds. The maximum absolute atomic E-state index is 11.5. The first-order valence-electron chi connectivity index (χ1n) is 13.0. The average Bonchev–Trinajstić information content (AvgIpc) is 3.39. The average molecular weight is 520 g/mol. The molecule has 0 radical (unpaired) electrons. The van der Waals surface area contributed by atoms with Gasteiger partial charge in [-0.25, -0.2) is 14.6 Å². The van der Waals surface area contributed by atoms with Gasteiger partial charge in [-0.15, -0.1) is 0 Å². The highest BCUT2D eigenvalue weighted by Gasteiger charge is 2.24. The molecule has 196 valence electrons. The Balaban J connectivity index is 1.32. The molecule has 0 aliphatic carbocycles. The number of piperidine rings is 1. The first-order chi connectivity index (χ1) is 19.0. The van der Waals surface area contributed by atoms with Crippen molar-refractivity contribution in [3.05, 3.63) is 96.2 Å². The van der Waals surface area contributed by atoms with Crippen molar-refractivity contribution < 1.29 is 9.90 Å². The van der Waals surface area contributed by atoms with Gasteiger partial charge in [0.2, 0.25) is 5.91 Å². The molecule has 0 atom stereocenters. The molecule has 5 aromatic rings. The lowest BCUT2D eigenvalue weighted by atomic mass is 10.0. The molecule has 0 unspecified atom stereocenters. The normalized spacial score (nSPS) is 14.5. The number of nitrogens with one attached hydrogen (secondary N) is 1. The molecule has 4 N–H and O–H groups in total. The minimum atomic E-state index is -0.478. The standard InChI is InChI=1S/C30H29N7O2/c31-27(39)21-9-11-23(12-10-21)33-29-26-18-32-37(30(26)35-28(34-29)22-7-4-8-25(38)17-22)24-13-15-36(16-14-24)19-20-5-2-1-3-6-20/h1-12,17-18,24,38H,13-16,19H2,(H2,31,39)(H,33,34,35). The highest BCUT2D eigenvalue weighted by molar-refractivity contribution is 5.94. The molecule has 9 nitrogen and oxygen atoms in total. The van der Waals surface area contributed by atoms with Crippen molar-refractivity contribution in [2.45, 2.75) is 25.4 Å². The molecule has 0 saturated carbocycles. The summed E-state index contributed by atoms with van der Waals surface area (Å²) in [7, 11) is 0. The lowest BCUT2D eigenvalue weighted by Gasteiger charge is -2.32. The van der Waals surface area contributed by atoms with Gasteiger partial charge < -0.3 is 16.2 Å². The van der Waals surface area contributed by atoms with E-state index >= 15 is 0 Å². The SMILES string of the molecule is NC(=O)c1ccc(Nc2nc(-c3cccc(O)c3)nc3c2cnn3C2CCN(Cc3ccccc3)CC2)cc1. The van der Waals surface area contributed by atoms with E-state index in [-0.39, 0.29) is 11.8 Å². The minimum absolute atomic E-state index is 0.145. The van der Waals surface area contributed by atoms with Crippen molar-refractivity contribution >= 4 is 28.4 Å². The Labute approximate surface area is 225 Å². The van der Waals surface area contributed by atoms with Gasteiger partial charge in [-0.3, -0.25) is 9.69 Å². The molecule has 1 aliphatic heterocycles. The maximum Gasteiger partial charge on any atom is 0.248 e. The van der Waals surface area contributed by atoms with Gasteiger partial charge in [-0.2, -0.15) is 5.10 Å². The Morgan fingerprint density at radius 3 is 2.46 bits per heavy atom. The fraction of sp³-hybridized carbons (Fsp3) is 0.200. The van der Waals surface area contributed by atoms with Gasteiger partial charge in [0.25, 0.3) is 0 Å². The molecule has 6 rings (SSSR count). The number of likely N-dealkylation sites (tertiary alicyclic amines) is 1. The third kappa shape index (κ3) is 5.30. The number of phenols is 1. The molecule has 3 heterocycles. The molecular weight excluding hydrogens is 490 g/mol. The molecule has 1 saturated heterocycles. The van der Waals surface area contributed by atoms with Crippen molar-refractivity contribution in [3.8, 4) is 17.1 Å². The quantitative estimate of drug-likeness (QED) is 0.280. The number of primary amides is 1. The first kappa shape index (κ1) is 24.6. The van der Waals surface area contributed by atoms with E-state index in [4.69, 9.17) is 20.8 Å². The van der Waals surface area contributed by atoms with Crippen LogP contribution in [0.4, 0.5) is 11.5 Å². The molecule has 0 spiro atoms. The van der Waals surface area contributed by atoms with Crippen LogP contribution in [-0.4, -0.2) is 48.8 Å². The number of amides is 1. The van der Waals surface area contributed by atoms with E-state index in [0.29, 0.717) is 22.8 Å². The van der Waals surface area contributed by atoms with Crippen molar-refractivity contribution in [1.29, 1.82) is 0 Å². The van der Waals surface area contributed by atoms with Gasteiger partial charge >= 0.3 is 0 Å². The highest BCUT2D eigenvalue weighted by Crippen LogP contribution is 2.32. The fourth-order valence-electron chi connectivity index (χ4n) is 5.08. The van der Waals surface area contributed by atoms with E-state index in [9.17, 15) is 9.90 Å². The van der Waals surface area contributed by atoms with E-state index in [2.05, 4.69) is 34.5 Å². The summed E-state index contributed by atoms with van der Waals surface area (Å²) in [5.74, 6) is 0.746. The Kier molecular flexibility index (Phi) is 6.64. The largest absolute Gasteiger partial charge is 0.508 e. The molecule has 3 aromatic carbocycles. The molecule has 1 fully saturated rings. The van der Waals surface area contributed by atoms with E-state index in [1.165, 1.54) is 5.56 Å². The molecular formula is C30H29N7O2. The number of hydrogen-bond donors (Lipinski definition) is 3. The van der Waals surface area contributed by atoms with Gasteiger partial charge in [0.1, 0.15) is 11.6 Å². The van der Waals surface area contributed by atoms with Gasteiger partial charge in [0.05, 0.1) is 17.6 Å². The van der Waals surface area contributed by atoms with Crippen LogP contribution in [0.25, 0.3) is 22.4 Å².